The molecular formula is C9H10ClNO5S. The highest BCUT2D eigenvalue weighted by molar-refractivity contribution is 7.89. The van der Waals surface area contributed by atoms with Crippen LogP contribution in [-0.4, -0.2) is 26.1 Å². The summed E-state index contributed by atoms with van der Waals surface area (Å²) in [5.41, 5.74) is 0.362. The number of carboxylic acid groups (broad SMARTS) is 1. The van der Waals surface area contributed by atoms with E-state index in [0.29, 0.717) is 10.6 Å². The van der Waals surface area contributed by atoms with E-state index in [0.717, 1.165) is 0 Å². The Morgan fingerprint density at radius 3 is 2.76 bits per heavy atom. The van der Waals surface area contributed by atoms with Crippen LogP contribution in [0.5, 0.6) is 0 Å². The molecule has 0 amide bonds. The lowest BCUT2D eigenvalue weighted by molar-refractivity contribution is -0.143. The average molecular weight is 280 g/mol. The lowest BCUT2D eigenvalue weighted by Crippen LogP contribution is -2.27. The van der Waals surface area contributed by atoms with E-state index in [4.69, 9.17) is 16.7 Å². The van der Waals surface area contributed by atoms with E-state index in [2.05, 4.69) is 4.84 Å². The van der Waals surface area contributed by atoms with E-state index >= 15 is 0 Å². The fourth-order valence-electron chi connectivity index (χ4n) is 1.09. The van der Waals surface area contributed by atoms with Gasteiger partial charge in [0.1, 0.15) is 0 Å². The van der Waals surface area contributed by atoms with E-state index in [1.807, 2.05) is 0 Å². The maximum Gasteiger partial charge on any atom is 0.331 e. The Bertz CT molecular complexity index is 528. The van der Waals surface area contributed by atoms with Crippen molar-refractivity contribution in [1.29, 1.82) is 0 Å². The standard InChI is InChI=1S/C9H10ClNO5S/c1-6-7(10)3-2-4-8(6)17(14,15)11-16-5-9(12)13/h2-4,11H,5H2,1H3,(H,12,13). The van der Waals surface area contributed by atoms with Gasteiger partial charge in [0.25, 0.3) is 10.0 Å². The van der Waals surface area contributed by atoms with Gasteiger partial charge in [-0.25, -0.2) is 13.2 Å². The van der Waals surface area contributed by atoms with Crippen molar-refractivity contribution in [3.8, 4) is 0 Å². The number of sulfonamides is 1. The predicted molar refractivity (Wildman–Crippen MR) is 60.1 cm³/mol. The first-order valence-electron chi connectivity index (χ1n) is 4.45. The minimum Gasteiger partial charge on any atom is -0.479 e. The normalized spacial score (nSPS) is 11.4. The summed E-state index contributed by atoms with van der Waals surface area (Å²) in [4.78, 5) is 16.1. The van der Waals surface area contributed by atoms with Crippen molar-refractivity contribution in [1.82, 2.24) is 4.89 Å². The molecule has 0 saturated carbocycles. The monoisotopic (exact) mass is 279 g/mol. The zero-order valence-corrected chi connectivity index (χ0v) is 10.4. The van der Waals surface area contributed by atoms with Crippen LogP contribution < -0.4 is 4.89 Å². The first-order valence-corrected chi connectivity index (χ1v) is 6.31. The number of carbonyl (C=O) groups is 1. The highest BCUT2D eigenvalue weighted by Gasteiger charge is 2.18. The Morgan fingerprint density at radius 1 is 1.53 bits per heavy atom. The summed E-state index contributed by atoms with van der Waals surface area (Å²) in [5.74, 6) is -1.28. The van der Waals surface area contributed by atoms with E-state index in [9.17, 15) is 13.2 Å². The number of rotatable bonds is 5. The zero-order chi connectivity index (χ0) is 13.1. The van der Waals surface area contributed by atoms with Gasteiger partial charge in [-0.05, 0) is 24.6 Å². The van der Waals surface area contributed by atoms with E-state index in [1.165, 1.54) is 19.1 Å². The molecular weight excluding hydrogens is 270 g/mol. The van der Waals surface area contributed by atoms with Gasteiger partial charge >= 0.3 is 5.97 Å². The average Bonchev–Trinajstić information content (AvgIpc) is 2.21. The third-order valence-corrected chi connectivity index (χ3v) is 3.64. The molecule has 17 heavy (non-hydrogen) atoms. The van der Waals surface area contributed by atoms with Crippen molar-refractivity contribution in [2.45, 2.75) is 11.8 Å². The summed E-state index contributed by atoms with van der Waals surface area (Å²) < 4.78 is 23.4. The van der Waals surface area contributed by atoms with Crippen LogP contribution >= 0.6 is 11.6 Å². The quantitative estimate of drug-likeness (QED) is 0.783. The van der Waals surface area contributed by atoms with Crippen molar-refractivity contribution in [2.75, 3.05) is 6.61 Å². The molecule has 1 aromatic rings. The third-order valence-electron chi connectivity index (χ3n) is 1.87. The predicted octanol–water partition coefficient (Wildman–Crippen LogP) is 0.943. The Hall–Kier alpha value is -1.15. The maximum absolute atomic E-state index is 11.7. The molecule has 1 aromatic carbocycles. The molecule has 0 aliphatic carbocycles. The van der Waals surface area contributed by atoms with Gasteiger partial charge in [0.05, 0.1) is 4.90 Å². The zero-order valence-electron chi connectivity index (χ0n) is 8.81. The van der Waals surface area contributed by atoms with Gasteiger partial charge in [-0.15, -0.1) is 0 Å². The molecule has 0 aliphatic heterocycles. The van der Waals surface area contributed by atoms with Gasteiger partial charge in [0, 0.05) is 5.02 Å². The summed E-state index contributed by atoms with van der Waals surface area (Å²) in [7, 11) is -3.93. The lowest BCUT2D eigenvalue weighted by Gasteiger charge is -2.09. The van der Waals surface area contributed by atoms with E-state index in [-0.39, 0.29) is 4.90 Å². The van der Waals surface area contributed by atoms with Crippen LogP contribution in [0.2, 0.25) is 5.02 Å². The van der Waals surface area contributed by atoms with Crippen molar-refractivity contribution in [2.24, 2.45) is 0 Å². The number of aliphatic carboxylic acids is 1. The lowest BCUT2D eigenvalue weighted by atomic mass is 10.2. The minimum absolute atomic E-state index is 0.0598. The van der Waals surface area contributed by atoms with E-state index in [1.54, 1.807) is 11.0 Å². The molecule has 0 bridgehead atoms. The molecule has 0 saturated heterocycles. The van der Waals surface area contributed by atoms with Crippen LogP contribution in [0.15, 0.2) is 23.1 Å². The number of nitrogens with one attached hydrogen (secondary N) is 1. The summed E-state index contributed by atoms with van der Waals surface area (Å²) in [6.45, 7) is 0.771. The van der Waals surface area contributed by atoms with Crippen LogP contribution in [0.3, 0.4) is 0 Å². The van der Waals surface area contributed by atoms with Gasteiger partial charge < -0.3 is 5.11 Å². The third kappa shape index (κ3) is 3.67. The smallest absolute Gasteiger partial charge is 0.331 e. The summed E-state index contributed by atoms with van der Waals surface area (Å²) in [6.07, 6.45) is 0. The Kier molecular flexibility index (Phi) is 4.47. The summed E-state index contributed by atoms with van der Waals surface area (Å²) in [5, 5.41) is 8.60. The second-order valence-electron chi connectivity index (χ2n) is 3.13. The molecule has 0 heterocycles. The summed E-state index contributed by atoms with van der Waals surface area (Å²) in [6, 6.07) is 4.36. The molecule has 1 rings (SSSR count). The topological polar surface area (TPSA) is 92.7 Å². The maximum atomic E-state index is 11.7. The van der Waals surface area contributed by atoms with Gasteiger partial charge in [-0.3, -0.25) is 4.84 Å². The van der Waals surface area contributed by atoms with Gasteiger partial charge in [-0.1, -0.05) is 22.6 Å². The van der Waals surface area contributed by atoms with Crippen molar-refractivity contribution in [3.05, 3.63) is 28.8 Å². The van der Waals surface area contributed by atoms with Crippen LogP contribution in [0.4, 0.5) is 0 Å². The van der Waals surface area contributed by atoms with Gasteiger partial charge in [0.2, 0.25) is 0 Å². The number of benzene rings is 1. The molecule has 94 valence electrons. The largest absolute Gasteiger partial charge is 0.479 e. The van der Waals surface area contributed by atoms with Crippen LogP contribution in [0.25, 0.3) is 0 Å². The molecule has 0 unspecified atom stereocenters. The van der Waals surface area contributed by atoms with E-state index < -0.39 is 22.6 Å². The fraction of sp³-hybridized carbons (Fsp3) is 0.222. The van der Waals surface area contributed by atoms with Crippen molar-refractivity contribution in [3.63, 3.8) is 0 Å². The number of hydrogen-bond donors (Lipinski definition) is 2. The first kappa shape index (κ1) is 13.9. The highest BCUT2D eigenvalue weighted by Crippen LogP contribution is 2.22. The molecule has 0 radical (unpaired) electrons. The van der Waals surface area contributed by atoms with Crippen LogP contribution in [0, 0.1) is 6.92 Å². The Labute approximate surface area is 103 Å². The SMILES string of the molecule is Cc1c(Cl)cccc1S(=O)(=O)NOCC(=O)O. The Morgan fingerprint density at radius 2 is 2.18 bits per heavy atom. The van der Waals surface area contributed by atoms with Crippen molar-refractivity contribution < 1.29 is 23.2 Å². The second kappa shape index (κ2) is 5.46. The molecule has 0 spiro atoms. The molecule has 0 aromatic heterocycles. The highest BCUT2D eigenvalue weighted by atomic mass is 35.5. The molecule has 0 fully saturated rings. The second-order valence-corrected chi connectivity index (χ2v) is 5.15. The number of hydrogen-bond acceptors (Lipinski definition) is 4. The summed E-state index contributed by atoms with van der Waals surface area (Å²) >= 11 is 5.78. The number of carboxylic acids is 1. The Balaban J connectivity index is 2.90. The molecule has 6 nitrogen and oxygen atoms in total. The van der Waals surface area contributed by atoms with Crippen LogP contribution in [-0.2, 0) is 19.7 Å². The fourth-order valence-corrected chi connectivity index (χ4v) is 2.40. The van der Waals surface area contributed by atoms with Crippen molar-refractivity contribution >= 4 is 27.6 Å². The molecule has 8 heteroatoms. The molecule has 0 aliphatic rings. The first-order chi connectivity index (χ1) is 7.84. The number of halogens is 1. The molecule has 0 atom stereocenters. The molecule has 2 N–H and O–H groups in total. The van der Waals surface area contributed by atoms with Gasteiger partial charge in [-0.2, -0.15) is 0 Å². The minimum atomic E-state index is -3.93. The van der Waals surface area contributed by atoms with Gasteiger partial charge in [0.15, 0.2) is 6.61 Å². The van der Waals surface area contributed by atoms with Crippen LogP contribution in [0.1, 0.15) is 5.56 Å².